The summed E-state index contributed by atoms with van der Waals surface area (Å²) in [6, 6.07) is 10.9. The number of hydrogen-bond acceptors (Lipinski definition) is 2. The molecule has 5 heteroatoms. The molecule has 1 amide bonds. The van der Waals surface area contributed by atoms with E-state index < -0.39 is 0 Å². The van der Waals surface area contributed by atoms with Gasteiger partial charge >= 0.3 is 0 Å². The van der Waals surface area contributed by atoms with Crippen LogP contribution in [-0.4, -0.2) is 5.91 Å². The Hall–Kier alpha value is -1.33. The number of carbonyl (C=O) groups is 1. The molecule has 3 nitrogen and oxygen atoms in total. The zero-order valence-corrected chi connectivity index (χ0v) is 13.4. The van der Waals surface area contributed by atoms with E-state index in [-0.39, 0.29) is 5.91 Å². The molecule has 0 atom stereocenters. The Morgan fingerprint density at radius 2 is 1.79 bits per heavy atom. The standard InChI is InChI=1S/C14H12Br2N2O/c1-8-3-2-4-12(17)13(8)18-14(19)9-5-10(15)7-11(16)6-9/h2-7H,17H2,1H3,(H,18,19). The summed E-state index contributed by atoms with van der Waals surface area (Å²) in [6.07, 6.45) is 0. The van der Waals surface area contributed by atoms with Gasteiger partial charge in [-0.2, -0.15) is 0 Å². The largest absolute Gasteiger partial charge is 0.397 e. The zero-order valence-electron chi connectivity index (χ0n) is 10.2. The van der Waals surface area contributed by atoms with Gasteiger partial charge in [-0.1, -0.05) is 44.0 Å². The summed E-state index contributed by atoms with van der Waals surface area (Å²) in [5, 5.41) is 2.84. The number of hydrogen-bond donors (Lipinski definition) is 2. The highest BCUT2D eigenvalue weighted by Gasteiger charge is 2.11. The summed E-state index contributed by atoms with van der Waals surface area (Å²) in [7, 11) is 0. The molecule has 19 heavy (non-hydrogen) atoms. The Labute approximate surface area is 128 Å². The number of benzene rings is 2. The maximum Gasteiger partial charge on any atom is 0.255 e. The Kier molecular flexibility index (Phi) is 4.27. The molecule has 0 saturated heterocycles. The van der Waals surface area contributed by atoms with Gasteiger partial charge in [-0.15, -0.1) is 0 Å². The molecule has 2 rings (SSSR count). The normalized spacial score (nSPS) is 10.3. The Balaban J connectivity index is 2.31. The van der Waals surface area contributed by atoms with Crippen LogP contribution >= 0.6 is 31.9 Å². The topological polar surface area (TPSA) is 55.1 Å². The van der Waals surface area contributed by atoms with Gasteiger partial charge in [0.1, 0.15) is 0 Å². The van der Waals surface area contributed by atoms with Gasteiger partial charge in [-0.05, 0) is 36.8 Å². The second kappa shape index (κ2) is 5.75. The van der Waals surface area contributed by atoms with Crippen LogP contribution in [0.3, 0.4) is 0 Å². The van der Waals surface area contributed by atoms with Crippen LogP contribution in [0.25, 0.3) is 0 Å². The SMILES string of the molecule is Cc1cccc(N)c1NC(=O)c1cc(Br)cc(Br)c1. The number of amides is 1. The minimum Gasteiger partial charge on any atom is -0.397 e. The molecule has 0 aromatic heterocycles. The third kappa shape index (κ3) is 3.36. The maximum absolute atomic E-state index is 12.2. The molecule has 98 valence electrons. The van der Waals surface area contributed by atoms with Crippen molar-refractivity contribution in [3.8, 4) is 0 Å². The van der Waals surface area contributed by atoms with Gasteiger partial charge in [0.25, 0.3) is 5.91 Å². The molecule has 0 spiro atoms. The van der Waals surface area contributed by atoms with Gasteiger partial charge in [-0.25, -0.2) is 0 Å². The Bertz CT molecular complexity index is 601. The first-order valence-corrected chi connectivity index (χ1v) is 7.18. The summed E-state index contributed by atoms with van der Waals surface area (Å²) in [6.45, 7) is 1.91. The van der Waals surface area contributed by atoms with E-state index in [4.69, 9.17) is 5.73 Å². The average Bonchev–Trinajstić information content (AvgIpc) is 2.32. The van der Waals surface area contributed by atoms with Gasteiger partial charge in [0.15, 0.2) is 0 Å². The number of rotatable bonds is 2. The molecule has 0 saturated carbocycles. The quantitative estimate of drug-likeness (QED) is 0.757. The van der Waals surface area contributed by atoms with Crippen LogP contribution in [0.2, 0.25) is 0 Å². The lowest BCUT2D eigenvalue weighted by atomic mass is 10.1. The van der Waals surface area contributed by atoms with Crippen LogP contribution in [0, 0.1) is 6.92 Å². The van der Waals surface area contributed by atoms with Crippen molar-refractivity contribution in [2.75, 3.05) is 11.1 Å². The molecular weight excluding hydrogens is 372 g/mol. The molecule has 3 N–H and O–H groups in total. The fourth-order valence-corrected chi connectivity index (χ4v) is 3.03. The number of halogens is 2. The lowest BCUT2D eigenvalue weighted by molar-refractivity contribution is 0.102. The van der Waals surface area contributed by atoms with Crippen LogP contribution in [0.1, 0.15) is 15.9 Å². The second-order valence-electron chi connectivity index (χ2n) is 4.15. The van der Waals surface area contributed by atoms with Crippen molar-refractivity contribution in [3.63, 3.8) is 0 Å². The van der Waals surface area contributed by atoms with Gasteiger partial charge in [0.05, 0.1) is 11.4 Å². The van der Waals surface area contributed by atoms with Crippen LogP contribution < -0.4 is 11.1 Å². The van der Waals surface area contributed by atoms with Crippen LogP contribution in [-0.2, 0) is 0 Å². The average molecular weight is 384 g/mol. The predicted molar refractivity (Wildman–Crippen MR) is 85.4 cm³/mol. The lowest BCUT2D eigenvalue weighted by Gasteiger charge is -2.11. The molecule has 2 aromatic rings. The summed E-state index contributed by atoms with van der Waals surface area (Å²) < 4.78 is 1.68. The number of nitrogens with two attached hydrogens (primary N) is 1. The number of anilines is 2. The molecular formula is C14H12Br2N2O. The van der Waals surface area contributed by atoms with Crippen molar-refractivity contribution in [1.29, 1.82) is 0 Å². The summed E-state index contributed by atoms with van der Waals surface area (Å²) in [5.41, 5.74) is 8.58. The van der Waals surface area contributed by atoms with E-state index in [2.05, 4.69) is 37.2 Å². The molecule has 0 fully saturated rings. The summed E-state index contributed by atoms with van der Waals surface area (Å²) in [5.74, 6) is -0.192. The smallest absolute Gasteiger partial charge is 0.255 e. The van der Waals surface area contributed by atoms with Crippen molar-refractivity contribution < 1.29 is 4.79 Å². The molecule has 0 radical (unpaired) electrons. The molecule has 0 aliphatic carbocycles. The number of carbonyl (C=O) groups excluding carboxylic acids is 1. The number of aryl methyl sites for hydroxylation is 1. The molecule has 0 aliphatic rings. The number of para-hydroxylation sites is 1. The van der Waals surface area contributed by atoms with Gasteiger partial charge in [-0.3, -0.25) is 4.79 Å². The van der Waals surface area contributed by atoms with Crippen LogP contribution in [0.15, 0.2) is 45.3 Å². The Morgan fingerprint density at radius 1 is 1.16 bits per heavy atom. The molecule has 0 aliphatic heterocycles. The van der Waals surface area contributed by atoms with E-state index in [1.54, 1.807) is 18.2 Å². The highest BCUT2D eigenvalue weighted by atomic mass is 79.9. The van der Waals surface area contributed by atoms with E-state index in [1.165, 1.54) is 0 Å². The van der Waals surface area contributed by atoms with E-state index in [0.29, 0.717) is 16.9 Å². The summed E-state index contributed by atoms with van der Waals surface area (Å²) in [4.78, 5) is 12.2. The Morgan fingerprint density at radius 3 is 2.37 bits per heavy atom. The third-order valence-corrected chi connectivity index (χ3v) is 3.58. The molecule has 2 aromatic carbocycles. The van der Waals surface area contributed by atoms with Crippen LogP contribution in [0.4, 0.5) is 11.4 Å². The van der Waals surface area contributed by atoms with Gasteiger partial charge in [0, 0.05) is 14.5 Å². The van der Waals surface area contributed by atoms with E-state index >= 15 is 0 Å². The molecule has 0 bridgehead atoms. The first kappa shape index (κ1) is 14.1. The monoisotopic (exact) mass is 382 g/mol. The number of nitrogens with one attached hydrogen (secondary N) is 1. The molecule has 0 unspecified atom stereocenters. The fourth-order valence-electron chi connectivity index (χ4n) is 1.73. The highest BCUT2D eigenvalue weighted by Crippen LogP contribution is 2.25. The fraction of sp³-hybridized carbons (Fsp3) is 0.0714. The molecule has 0 heterocycles. The van der Waals surface area contributed by atoms with E-state index in [0.717, 1.165) is 14.5 Å². The van der Waals surface area contributed by atoms with E-state index in [1.807, 2.05) is 25.1 Å². The predicted octanol–water partition coefficient (Wildman–Crippen LogP) is 4.35. The summed E-state index contributed by atoms with van der Waals surface area (Å²) >= 11 is 6.72. The minimum absolute atomic E-state index is 0.192. The van der Waals surface area contributed by atoms with Crippen molar-refractivity contribution in [1.82, 2.24) is 0 Å². The second-order valence-corrected chi connectivity index (χ2v) is 5.98. The van der Waals surface area contributed by atoms with E-state index in [9.17, 15) is 4.79 Å². The van der Waals surface area contributed by atoms with Crippen molar-refractivity contribution in [3.05, 3.63) is 56.5 Å². The lowest BCUT2D eigenvalue weighted by Crippen LogP contribution is -2.14. The third-order valence-electron chi connectivity index (χ3n) is 2.67. The zero-order chi connectivity index (χ0) is 14.0. The van der Waals surface area contributed by atoms with Crippen LogP contribution in [0.5, 0.6) is 0 Å². The van der Waals surface area contributed by atoms with Crippen molar-refractivity contribution in [2.45, 2.75) is 6.92 Å². The van der Waals surface area contributed by atoms with Crippen molar-refractivity contribution >= 4 is 49.1 Å². The highest BCUT2D eigenvalue weighted by molar-refractivity contribution is 9.11. The first-order chi connectivity index (χ1) is 8.97. The first-order valence-electron chi connectivity index (χ1n) is 5.60. The van der Waals surface area contributed by atoms with Crippen molar-refractivity contribution in [2.24, 2.45) is 0 Å². The van der Waals surface area contributed by atoms with Gasteiger partial charge in [0.2, 0.25) is 0 Å². The maximum atomic E-state index is 12.2. The minimum atomic E-state index is -0.192. The number of nitrogen functional groups attached to an aromatic ring is 1. The van der Waals surface area contributed by atoms with Gasteiger partial charge < -0.3 is 11.1 Å².